The van der Waals surface area contributed by atoms with Gasteiger partial charge in [0.2, 0.25) is 0 Å². The molecule has 4 heteroatoms. The van der Waals surface area contributed by atoms with Gasteiger partial charge in [0.25, 0.3) is 0 Å². The van der Waals surface area contributed by atoms with Gasteiger partial charge < -0.3 is 4.57 Å². The highest BCUT2D eigenvalue weighted by molar-refractivity contribution is 6.17. The molecule has 1 aliphatic rings. The molecule has 2 aromatic rings. The van der Waals surface area contributed by atoms with Crippen molar-refractivity contribution in [3.8, 4) is 0 Å². The average Bonchev–Trinajstić information content (AvgIpc) is 2.78. The summed E-state index contributed by atoms with van der Waals surface area (Å²) in [4.78, 5) is 8.89. The highest BCUT2D eigenvalue weighted by Crippen LogP contribution is 2.34. The Labute approximate surface area is 119 Å². The first-order valence-electron chi connectivity index (χ1n) is 7.16. The summed E-state index contributed by atoms with van der Waals surface area (Å²) >= 11 is 5.93. The van der Waals surface area contributed by atoms with Gasteiger partial charge in [-0.25, -0.2) is 4.98 Å². The van der Waals surface area contributed by atoms with Crippen molar-refractivity contribution in [2.45, 2.75) is 45.1 Å². The lowest BCUT2D eigenvalue weighted by molar-refractivity contribution is 0.290. The van der Waals surface area contributed by atoms with Crippen LogP contribution >= 0.6 is 11.6 Å². The van der Waals surface area contributed by atoms with Gasteiger partial charge in [0.1, 0.15) is 11.3 Å². The second kappa shape index (κ2) is 5.49. The SMILES string of the molecule is CC1CCC(n2c(CCCl)nc3cnccc32)CC1. The van der Waals surface area contributed by atoms with Crippen molar-refractivity contribution < 1.29 is 0 Å². The van der Waals surface area contributed by atoms with E-state index in [1.807, 2.05) is 12.4 Å². The standard InChI is InChI=1S/C15H20ClN3/c1-11-2-4-12(5-3-11)19-14-7-9-17-10-13(14)18-15(19)6-8-16/h7,9-12H,2-6,8H2,1H3. The van der Waals surface area contributed by atoms with E-state index < -0.39 is 0 Å². The summed E-state index contributed by atoms with van der Waals surface area (Å²) in [5.74, 6) is 2.61. The normalized spacial score (nSPS) is 23.9. The maximum atomic E-state index is 5.93. The molecule has 3 rings (SSSR count). The first-order valence-corrected chi connectivity index (χ1v) is 7.70. The van der Waals surface area contributed by atoms with Crippen LogP contribution in [-0.2, 0) is 6.42 Å². The topological polar surface area (TPSA) is 30.7 Å². The fourth-order valence-corrected chi connectivity index (χ4v) is 3.34. The van der Waals surface area contributed by atoms with E-state index in [2.05, 4.69) is 22.5 Å². The molecule has 0 aliphatic heterocycles. The van der Waals surface area contributed by atoms with E-state index in [1.165, 1.54) is 31.2 Å². The Morgan fingerprint density at radius 2 is 2.11 bits per heavy atom. The van der Waals surface area contributed by atoms with Crippen LogP contribution in [0.1, 0.15) is 44.5 Å². The molecule has 0 atom stereocenters. The molecule has 102 valence electrons. The van der Waals surface area contributed by atoms with Gasteiger partial charge in [0.05, 0.1) is 11.7 Å². The van der Waals surface area contributed by atoms with Crippen molar-refractivity contribution in [2.24, 2.45) is 5.92 Å². The highest BCUT2D eigenvalue weighted by atomic mass is 35.5. The zero-order chi connectivity index (χ0) is 13.2. The zero-order valence-corrected chi connectivity index (χ0v) is 12.1. The summed E-state index contributed by atoms with van der Waals surface area (Å²) in [6.07, 6.45) is 9.69. The van der Waals surface area contributed by atoms with Gasteiger partial charge in [0, 0.05) is 24.5 Å². The number of nitrogens with zero attached hydrogens (tertiary/aromatic N) is 3. The zero-order valence-electron chi connectivity index (χ0n) is 11.3. The molecule has 1 saturated carbocycles. The number of aromatic nitrogens is 3. The van der Waals surface area contributed by atoms with Crippen LogP contribution in [0.5, 0.6) is 0 Å². The maximum Gasteiger partial charge on any atom is 0.111 e. The molecule has 0 bridgehead atoms. The second-order valence-electron chi connectivity index (χ2n) is 5.62. The Bertz CT molecular complexity index is 556. The minimum Gasteiger partial charge on any atom is -0.325 e. The van der Waals surface area contributed by atoms with Crippen LogP contribution in [0, 0.1) is 5.92 Å². The van der Waals surface area contributed by atoms with E-state index >= 15 is 0 Å². The third kappa shape index (κ3) is 2.48. The number of alkyl halides is 1. The van der Waals surface area contributed by atoms with Crippen molar-refractivity contribution in [1.82, 2.24) is 14.5 Å². The monoisotopic (exact) mass is 277 g/mol. The van der Waals surface area contributed by atoms with Gasteiger partial charge in [-0.05, 0) is 37.7 Å². The molecule has 2 aromatic heterocycles. The number of hydrogen-bond donors (Lipinski definition) is 0. The Morgan fingerprint density at radius 3 is 2.84 bits per heavy atom. The lowest BCUT2D eigenvalue weighted by atomic mass is 9.87. The van der Waals surface area contributed by atoms with E-state index in [0.717, 1.165) is 23.7 Å². The van der Waals surface area contributed by atoms with E-state index in [1.54, 1.807) is 0 Å². The maximum absolute atomic E-state index is 5.93. The van der Waals surface area contributed by atoms with Gasteiger partial charge in [-0.1, -0.05) is 6.92 Å². The first-order chi connectivity index (χ1) is 9.29. The quantitative estimate of drug-likeness (QED) is 0.795. The number of rotatable bonds is 3. The van der Waals surface area contributed by atoms with Crippen molar-refractivity contribution in [2.75, 3.05) is 5.88 Å². The molecule has 19 heavy (non-hydrogen) atoms. The molecule has 2 heterocycles. The van der Waals surface area contributed by atoms with Crippen molar-refractivity contribution in [3.05, 3.63) is 24.3 Å². The van der Waals surface area contributed by atoms with Gasteiger partial charge in [0.15, 0.2) is 0 Å². The number of halogens is 1. The third-order valence-corrected chi connectivity index (χ3v) is 4.42. The molecule has 0 N–H and O–H groups in total. The summed E-state index contributed by atoms with van der Waals surface area (Å²) in [5, 5.41) is 0. The Balaban J connectivity index is 2.02. The van der Waals surface area contributed by atoms with Crippen LogP contribution in [0.2, 0.25) is 0 Å². The molecular formula is C15H20ClN3. The molecule has 0 spiro atoms. The Kier molecular flexibility index (Phi) is 3.74. The van der Waals surface area contributed by atoms with E-state index in [-0.39, 0.29) is 0 Å². The largest absolute Gasteiger partial charge is 0.325 e. The van der Waals surface area contributed by atoms with Crippen LogP contribution in [0.25, 0.3) is 11.0 Å². The minimum absolute atomic E-state index is 0.585. The number of pyridine rings is 1. The predicted molar refractivity (Wildman–Crippen MR) is 78.6 cm³/mol. The second-order valence-corrected chi connectivity index (χ2v) is 5.99. The van der Waals surface area contributed by atoms with Crippen LogP contribution in [-0.4, -0.2) is 20.4 Å². The van der Waals surface area contributed by atoms with Gasteiger partial charge in [-0.15, -0.1) is 11.6 Å². The molecular weight excluding hydrogens is 258 g/mol. The molecule has 0 saturated heterocycles. The number of aryl methyl sites for hydroxylation is 1. The van der Waals surface area contributed by atoms with Crippen LogP contribution in [0.3, 0.4) is 0 Å². The fourth-order valence-electron chi connectivity index (χ4n) is 3.17. The van der Waals surface area contributed by atoms with E-state index in [0.29, 0.717) is 11.9 Å². The number of imidazole rings is 1. The van der Waals surface area contributed by atoms with E-state index in [4.69, 9.17) is 16.6 Å². The molecule has 1 fully saturated rings. The minimum atomic E-state index is 0.585. The number of fused-ring (bicyclic) bond motifs is 1. The Morgan fingerprint density at radius 1 is 1.32 bits per heavy atom. The fraction of sp³-hybridized carbons (Fsp3) is 0.600. The predicted octanol–water partition coefficient (Wildman–Crippen LogP) is 3.96. The molecule has 3 nitrogen and oxygen atoms in total. The molecule has 0 amide bonds. The van der Waals surface area contributed by atoms with Gasteiger partial charge in [-0.3, -0.25) is 4.98 Å². The third-order valence-electron chi connectivity index (χ3n) is 4.23. The van der Waals surface area contributed by atoms with Crippen molar-refractivity contribution >= 4 is 22.6 Å². The van der Waals surface area contributed by atoms with Crippen molar-refractivity contribution in [3.63, 3.8) is 0 Å². The van der Waals surface area contributed by atoms with E-state index in [9.17, 15) is 0 Å². The lowest BCUT2D eigenvalue weighted by Crippen LogP contribution is -2.19. The average molecular weight is 278 g/mol. The van der Waals surface area contributed by atoms with Gasteiger partial charge in [-0.2, -0.15) is 0 Å². The smallest absolute Gasteiger partial charge is 0.111 e. The molecule has 0 unspecified atom stereocenters. The molecule has 0 aromatic carbocycles. The molecule has 1 aliphatic carbocycles. The molecule has 0 radical (unpaired) electrons. The summed E-state index contributed by atoms with van der Waals surface area (Å²) < 4.78 is 2.42. The van der Waals surface area contributed by atoms with Crippen LogP contribution < -0.4 is 0 Å². The summed E-state index contributed by atoms with van der Waals surface area (Å²) in [6.45, 7) is 2.35. The number of hydrogen-bond acceptors (Lipinski definition) is 2. The van der Waals surface area contributed by atoms with Gasteiger partial charge >= 0.3 is 0 Å². The van der Waals surface area contributed by atoms with Crippen LogP contribution in [0.15, 0.2) is 18.5 Å². The Hall–Kier alpha value is -1.09. The lowest BCUT2D eigenvalue weighted by Gasteiger charge is -2.29. The highest BCUT2D eigenvalue weighted by Gasteiger charge is 2.23. The summed E-state index contributed by atoms with van der Waals surface area (Å²) in [5.41, 5.74) is 2.22. The first kappa shape index (κ1) is 12.9. The van der Waals surface area contributed by atoms with Crippen molar-refractivity contribution in [1.29, 1.82) is 0 Å². The summed E-state index contributed by atoms with van der Waals surface area (Å²) in [7, 11) is 0. The van der Waals surface area contributed by atoms with Crippen LogP contribution in [0.4, 0.5) is 0 Å². The summed E-state index contributed by atoms with van der Waals surface area (Å²) in [6, 6.07) is 2.67.